The number of piperidine rings is 1. The number of ether oxygens (including phenoxy) is 1. The number of amides is 1. The number of carbonyl (C=O) groups is 3. The molecule has 7 heteroatoms. The van der Waals surface area contributed by atoms with E-state index in [0.717, 1.165) is 0 Å². The van der Waals surface area contributed by atoms with Crippen LogP contribution in [-0.2, 0) is 9.53 Å². The molecule has 1 fully saturated rings. The second-order valence-electron chi connectivity index (χ2n) is 6.13. The van der Waals surface area contributed by atoms with Gasteiger partial charge in [-0.3, -0.25) is 9.59 Å². The number of carbonyl (C=O) groups excluding carboxylic acids is 3. The summed E-state index contributed by atoms with van der Waals surface area (Å²) in [4.78, 5) is 45.5. The molecule has 0 N–H and O–H groups in total. The van der Waals surface area contributed by atoms with Gasteiger partial charge in [-0.15, -0.1) is 0 Å². The molecule has 118 valence electrons. The van der Waals surface area contributed by atoms with Crippen LogP contribution in [0.25, 0.3) is 0 Å². The van der Waals surface area contributed by atoms with Crippen LogP contribution in [0.5, 0.6) is 0 Å². The molecule has 7 nitrogen and oxygen atoms in total. The van der Waals surface area contributed by atoms with Gasteiger partial charge in [0.2, 0.25) is 5.78 Å². The maximum atomic E-state index is 12.3. The molecular weight excluding hydrogens is 286 g/mol. The Hall–Kier alpha value is -2.31. The molecule has 0 aromatic carbocycles. The third-order valence-corrected chi connectivity index (χ3v) is 3.17. The number of rotatable bonds is 2. The molecule has 0 bridgehead atoms. The minimum absolute atomic E-state index is 0.00480. The molecule has 1 amide bonds. The van der Waals surface area contributed by atoms with Gasteiger partial charge in [0.15, 0.2) is 5.82 Å². The van der Waals surface area contributed by atoms with Gasteiger partial charge in [0.25, 0.3) is 0 Å². The van der Waals surface area contributed by atoms with Gasteiger partial charge < -0.3 is 9.64 Å². The summed E-state index contributed by atoms with van der Waals surface area (Å²) in [6.07, 6.45) is 2.49. The number of hydrogen-bond donors (Lipinski definition) is 0. The first kappa shape index (κ1) is 16.1. The Balaban J connectivity index is 2.10. The second-order valence-corrected chi connectivity index (χ2v) is 6.13. The van der Waals surface area contributed by atoms with E-state index in [1.807, 2.05) is 0 Å². The summed E-state index contributed by atoms with van der Waals surface area (Å²) < 4.78 is 5.28. The summed E-state index contributed by atoms with van der Waals surface area (Å²) in [7, 11) is 0. The molecule has 1 aromatic heterocycles. The molecule has 22 heavy (non-hydrogen) atoms. The molecular formula is C15H19N3O4. The minimum atomic E-state index is -0.927. The van der Waals surface area contributed by atoms with Crippen molar-refractivity contribution in [3.8, 4) is 0 Å². The predicted molar refractivity (Wildman–Crippen MR) is 77.3 cm³/mol. The highest BCUT2D eigenvalue weighted by molar-refractivity contribution is 6.09. The van der Waals surface area contributed by atoms with Crippen molar-refractivity contribution in [3.05, 3.63) is 24.3 Å². The Labute approximate surface area is 128 Å². The molecule has 1 aliphatic rings. The Morgan fingerprint density at radius 1 is 1.27 bits per heavy atom. The summed E-state index contributed by atoms with van der Waals surface area (Å²) in [5, 5.41) is 0. The van der Waals surface area contributed by atoms with E-state index in [4.69, 9.17) is 4.74 Å². The van der Waals surface area contributed by atoms with Crippen LogP contribution in [0.2, 0.25) is 0 Å². The Morgan fingerprint density at radius 2 is 1.91 bits per heavy atom. The third-order valence-electron chi connectivity index (χ3n) is 3.17. The van der Waals surface area contributed by atoms with Crippen LogP contribution in [0.3, 0.4) is 0 Å². The summed E-state index contributed by atoms with van der Waals surface area (Å²) in [6.45, 7) is 5.55. The van der Waals surface area contributed by atoms with Crippen molar-refractivity contribution in [1.29, 1.82) is 0 Å². The van der Waals surface area contributed by atoms with Crippen molar-refractivity contribution < 1.29 is 19.1 Å². The molecule has 2 heterocycles. The first-order chi connectivity index (χ1) is 10.3. The molecule has 2 rings (SSSR count). The van der Waals surface area contributed by atoms with Crippen molar-refractivity contribution in [3.63, 3.8) is 0 Å². The predicted octanol–water partition coefficient (Wildman–Crippen LogP) is 1.49. The Kier molecular flexibility index (Phi) is 4.54. The fraction of sp³-hybridized carbons (Fsp3) is 0.533. The van der Waals surface area contributed by atoms with E-state index in [1.54, 1.807) is 26.8 Å². The topological polar surface area (TPSA) is 89.5 Å². The summed E-state index contributed by atoms with van der Waals surface area (Å²) in [5.41, 5.74) is -0.624. The van der Waals surface area contributed by atoms with E-state index in [2.05, 4.69) is 9.97 Å². The highest BCUT2D eigenvalue weighted by Gasteiger charge is 2.37. The lowest BCUT2D eigenvalue weighted by Crippen LogP contribution is -2.48. The zero-order chi connectivity index (χ0) is 16.3. The summed E-state index contributed by atoms with van der Waals surface area (Å²) in [5.74, 6) is -1.59. The quantitative estimate of drug-likeness (QED) is 0.607. The van der Waals surface area contributed by atoms with Crippen molar-refractivity contribution in [2.75, 3.05) is 13.1 Å². The van der Waals surface area contributed by atoms with Gasteiger partial charge in [-0.2, -0.15) is 0 Å². The number of aromatic nitrogens is 2. The Morgan fingerprint density at radius 3 is 2.50 bits per heavy atom. The van der Waals surface area contributed by atoms with Crippen LogP contribution >= 0.6 is 0 Å². The molecule has 1 unspecified atom stereocenters. The number of ketones is 2. The molecule has 0 saturated carbocycles. The molecule has 1 aromatic rings. The number of likely N-dealkylation sites (tertiary alicyclic amines) is 1. The van der Waals surface area contributed by atoms with E-state index in [1.165, 1.54) is 17.3 Å². The highest BCUT2D eigenvalue weighted by Crippen LogP contribution is 2.19. The maximum Gasteiger partial charge on any atom is 0.410 e. The van der Waals surface area contributed by atoms with Gasteiger partial charge in [0.05, 0.1) is 0 Å². The van der Waals surface area contributed by atoms with Crippen molar-refractivity contribution in [2.45, 2.75) is 32.8 Å². The number of Topliss-reactive ketones (excluding diaryl/α,β-unsaturated/α-hetero) is 2. The zero-order valence-electron chi connectivity index (χ0n) is 12.9. The van der Waals surface area contributed by atoms with Gasteiger partial charge in [-0.1, -0.05) is 0 Å². The Bertz CT molecular complexity index is 580. The van der Waals surface area contributed by atoms with Crippen LogP contribution in [0.4, 0.5) is 4.79 Å². The molecule has 0 aliphatic carbocycles. The van der Waals surface area contributed by atoms with Crippen LogP contribution in [0, 0.1) is 5.92 Å². The van der Waals surface area contributed by atoms with E-state index < -0.39 is 23.4 Å². The smallest absolute Gasteiger partial charge is 0.410 e. The standard InChI is InChI=1S/C15H19N3O4/c1-15(2,3)22-14(21)18-8-5-11(19)10(9-18)12(20)13-16-6-4-7-17-13/h4,6-7,10H,5,8-9H2,1-3H3. The average molecular weight is 305 g/mol. The van der Waals surface area contributed by atoms with Gasteiger partial charge in [-0.05, 0) is 26.8 Å². The molecule has 1 saturated heterocycles. The first-order valence-electron chi connectivity index (χ1n) is 7.10. The minimum Gasteiger partial charge on any atom is -0.444 e. The average Bonchev–Trinajstić information content (AvgIpc) is 2.46. The zero-order valence-corrected chi connectivity index (χ0v) is 12.9. The number of nitrogens with zero attached hydrogens (tertiary/aromatic N) is 3. The summed E-state index contributed by atoms with van der Waals surface area (Å²) in [6, 6.07) is 1.59. The van der Waals surface area contributed by atoms with E-state index in [-0.39, 0.29) is 31.1 Å². The summed E-state index contributed by atoms with van der Waals surface area (Å²) >= 11 is 0. The van der Waals surface area contributed by atoms with Gasteiger partial charge in [0, 0.05) is 31.9 Å². The van der Waals surface area contributed by atoms with Gasteiger partial charge in [-0.25, -0.2) is 14.8 Å². The monoisotopic (exact) mass is 305 g/mol. The lowest BCUT2D eigenvalue weighted by molar-refractivity contribution is -0.124. The lowest BCUT2D eigenvalue weighted by atomic mass is 9.92. The van der Waals surface area contributed by atoms with E-state index in [9.17, 15) is 14.4 Å². The van der Waals surface area contributed by atoms with Crippen LogP contribution in [-0.4, -0.2) is 51.2 Å². The second kappa shape index (κ2) is 6.21. The van der Waals surface area contributed by atoms with E-state index in [0.29, 0.717) is 0 Å². The van der Waals surface area contributed by atoms with Crippen LogP contribution in [0.15, 0.2) is 18.5 Å². The maximum absolute atomic E-state index is 12.3. The van der Waals surface area contributed by atoms with E-state index >= 15 is 0 Å². The van der Waals surface area contributed by atoms with Gasteiger partial charge >= 0.3 is 6.09 Å². The fourth-order valence-corrected chi connectivity index (χ4v) is 2.14. The normalized spacial score (nSPS) is 19.0. The first-order valence-corrected chi connectivity index (χ1v) is 7.10. The van der Waals surface area contributed by atoms with Gasteiger partial charge in [0.1, 0.15) is 17.3 Å². The third kappa shape index (κ3) is 3.87. The van der Waals surface area contributed by atoms with Crippen molar-refractivity contribution in [2.24, 2.45) is 5.92 Å². The molecule has 1 aliphatic heterocycles. The number of hydrogen-bond acceptors (Lipinski definition) is 6. The van der Waals surface area contributed by atoms with Crippen LogP contribution in [0.1, 0.15) is 37.8 Å². The van der Waals surface area contributed by atoms with Crippen molar-refractivity contribution in [1.82, 2.24) is 14.9 Å². The van der Waals surface area contributed by atoms with Crippen LogP contribution < -0.4 is 0 Å². The largest absolute Gasteiger partial charge is 0.444 e. The molecule has 0 radical (unpaired) electrons. The fourth-order valence-electron chi connectivity index (χ4n) is 2.14. The SMILES string of the molecule is CC(C)(C)OC(=O)N1CCC(=O)C(C(=O)c2ncccn2)C1. The lowest BCUT2D eigenvalue weighted by Gasteiger charge is -2.32. The van der Waals surface area contributed by atoms with Crippen molar-refractivity contribution >= 4 is 17.7 Å². The molecule has 0 spiro atoms. The highest BCUT2D eigenvalue weighted by atomic mass is 16.6. The molecule has 1 atom stereocenters.